The fraction of sp³-hybridized carbons (Fsp3) is 0. The van der Waals surface area contributed by atoms with Crippen LogP contribution in [0.3, 0.4) is 0 Å². The van der Waals surface area contributed by atoms with Crippen LogP contribution in [0, 0.1) is 0 Å². The highest BCUT2D eigenvalue weighted by Gasteiger charge is 2.05. The Morgan fingerprint density at radius 1 is 1.16 bits per heavy atom. The molecule has 0 aliphatic rings. The molecule has 0 fully saturated rings. The maximum absolute atomic E-state index is 5.79. The second-order valence-electron chi connectivity index (χ2n) is 3.77. The molecule has 3 aromatic rings. The molecule has 0 radical (unpaired) electrons. The van der Waals surface area contributed by atoms with Gasteiger partial charge in [-0.05, 0) is 24.3 Å². The van der Waals surface area contributed by atoms with E-state index in [0.29, 0.717) is 5.02 Å². The Hall–Kier alpha value is -1.98. The van der Waals surface area contributed by atoms with E-state index in [0.717, 1.165) is 22.2 Å². The van der Waals surface area contributed by atoms with Crippen molar-refractivity contribution in [2.45, 2.75) is 0 Å². The number of nitrogens with zero attached hydrogens (tertiary/aromatic N) is 3. The summed E-state index contributed by atoms with van der Waals surface area (Å²) in [5.41, 5.74) is 1.89. The molecule has 0 saturated carbocycles. The summed E-state index contributed by atoms with van der Waals surface area (Å²) in [6.07, 6.45) is 5.13. The molecule has 1 N–H and O–H groups in total. The summed E-state index contributed by atoms with van der Waals surface area (Å²) in [5.74, 6) is 0.719. The predicted molar refractivity (Wildman–Crippen MR) is 77.9 cm³/mol. The van der Waals surface area contributed by atoms with Crippen LogP contribution in [0.1, 0.15) is 0 Å². The lowest BCUT2D eigenvalue weighted by Crippen LogP contribution is -1.92. The number of thiazole rings is 1. The van der Waals surface area contributed by atoms with Crippen molar-refractivity contribution in [1.29, 1.82) is 0 Å². The zero-order valence-corrected chi connectivity index (χ0v) is 11.3. The van der Waals surface area contributed by atoms with Crippen molar-refractivity contribution in [2.24, 2.45) is 0 Å². The van der Waals surface area contributed by atoms with E-state index in [9.17, 15) is 0 Å². The molecule has 0 aliphatic carbocycles. The number of hydrogen-bond donors (Lipinski definition) is 1. The van der Waals surface area contributed by atoms with Crippen molar-refractivity contribution in [2.75, 3.05) is 5.32 Å². The zero-order valence-electron chi connectivity index (χ0n) is 9.75. The first-order valence-electron chi connectivity index (χ1n) is 5.56. The molecule has 4 nitrogen and oxygen atoms in total. The van der Waals surface area contributed by atoms with Crippen LogP contribution in [0.25, 0.3) is 11.3 Å². The van der Waals surface area contributed by atoms with Crippen LogP contribution in [0.4, 0.5) is 10.9 Å². The van der Waals surface area contributed by atoms with Crippen molar-refractivity contribution in [3.63, 3.8) is 0 Å². The van der Waals surface area contributed by atoms with E-state index in [4.69, 9.17) is 11.6 Å². The molecule has 0 saturated heterocycles. The Morgan fingerprint density at radius 3 is 2.84 bits per heavy atom. The van der Waals surface area contributed by atoms with Gasteiger partial charge < -0.3 is 5.32 Å². The number of nitrogens with one attached hydrogen (secondary N) is 1. The van der Waals surface area contributed by atoms with Gasteiger partial charge in [-0.15, -0.1) is 11.3 Å². The van der Waals surface area contributed by atoms with Gasteiger partial charge in [0.15, 0.2) is 5.13 Å². The molecule has 0 spiro atoms. The third-order valence-corrected chi connectivity index (χ3v) is 3.41. The molecule has 0 amide bonds. The van der Waals surface area contributed by atoms with E-state index in [1.54, 1.807) is 24.7 Å². The minimum atomic E-state index is 0.612. The first-order chi connectivity index (χ1) is 9.31. The monoisotopic (exact) mass is 288 g/mol. The third-order valence-electron chi connectivity index (χ3n) is 2.42. The molecule has 6 heteroatoms. The Bertz CT molecular complexity index is 667. The Labute approximate surface area is 119 Å². The van der Waals surface area contributed by atoms with Gasteiger partial charge in [-0.2, -0.15) is 0 Å². The quantitative estimate of drug-likeness (QED) is 0.791. The van der Waals surface area contributed by atoms with Gasteiger partial charge in [0.1, 0.15) is 5.82 Å². The molecular weight excluding hydrogens is 280 g/mol. The lowest BCUT2D eigenvalue weighted by Gasteiger charge is -2.00. The van der Waals surface area contributed by atoms with E-state index in [1.165, 1.54) is 11.3 Å². The smallest absolute Gasteiger partial charge is 0.188 e. The number of rotatable bonds is 3. The first-order valence-corrected chi connectivity index (χ1v) is 6.81. The van der Waals surface area contributed by atoms with Crippen LogP contribution in [0.2, 0.25) is 5.02 Å². The average Bonchev–Trinajstić information content (AvgIpc) is 2.91. The van der Waals surface area contributed by atoms with Crippen molar-refractivity contribution in [1.82, 2.24) is 15.0 Å². The van der Waals surface area contributed by atoms with E-state index in [1.807, 2.05) is 23.6 Å². The molecule has 0 atom stereocenters. The summed E-state index contributed by atoms with van der Waals surface area (Å²) < 4.78 is 0. The highest BCUT2D eigenvalue weighted by Crippen LogP contribution is 2.26. The van der Waals surface area contributed by atoms with Crippen molar-refractivity contribution >= 4 is 33.9 Å². The summed E-state index contributed by atoms with van der Waals surface area (Å²) >= 11 is 7.31. The summed E-state index contributed by atoms with van der Waals surface area (Å²) in [4.78, 5) is 12.7. The average molecular weight is 289 g/mol. The van der Waals surface area contributed by atoms with Crippen LogP contribution in [-0.4, -0.2) is 15.0 Å². The fourth-order valence-electron chi connectivity index (χ4n) is 1.54. The second-order valence-corrected chi connectivity index (χ2v) is 5.06. The van der Waals surface area contributed by atoms with Crippen LogP contribution in [0.15, 0.2) is 48.2 Å². The van der Waals surface area contributed by atoms with Gasteiger partial charge in [0.25, 0.3) is 0 Å². The van der Waals surface area contributed by atoms with Crippen molar-refractivity contribution < 1.29 is 0 Å². The molecule has 0 aromatic carbocycles. The topological polar surface area (TPSA) is 50.7 Å². The summed E-state index contributed by atoms with van der Waals surface area (Å²) in [6, 6.07) is 7.47. The molecule has 0 unspecified atom stereocenters. The van der Waals surface area contributed by atoms with Gasteiger partial charge >= 0.3 is 0 Å². The molecule has 0 aliphatic heterocycles. The fourth-order valence-corrected chi connectivity index (χ4v) is 2.38. The normalized spacial score (nSPS) is 10.4. The first kappa shape index (κ1) is 12.1. The van der Waals surface area contributed by atoms with E-state index in [-0.39, 0.29) is 0 Å². The molecule has 3 rings (SSSR count). The summed E-state index contributed by atoms with van der Waals surface area (Å²) in [6.45, 7) is 0. The van der Waals surface area contributed by atoms with Gasteiger partial charge in [0.2, 0.25) is 0 Å². The second kappa shape index (κ2) is 5.34. The Balaban J connectivity index is 1.80. The minimum Gasteiger partial charge on any atom is -0.316 e. The van der Waals surface area contributed by atoms with Crippen LogP contribution < -0.4 is 5.32 Å². The highest BCUT2D eigenvalue weighted by atomic mass is 35.5. The van der Waals surface area contributed by atoms with Gasteiger partial charge in [-0.25, -0.2) is 9.97 Å². The molecule has 3 aromatic heterocycles. The van der Waals surface area contributed by atoms with E-state index < -0.39 is 0 Å². The minimum absolute atomic E-state index is 0.612. The van der Waals surface area contributed by atoms with Gasteiger partial charge in [0, 0.05) is 29.5 Å². The summed E-state index contributed by atoms with van der Waals surface area (Å²) in [5, 5.41) is 6.52. The predicted octanol–water partition coefficient (Wildman–Crippen LogP) is 4.00. The number of aromatic nitrogens is 3. The van der Waals surface area contributed by atoms with Gasteiger partial charge in [-0.1, -0.05) is 11.6 Å². The van der Waals surface area contributed by atoms with Crippen LogP contribution in [-0.2, 0) is 0 Å². The van der Waals surface area contributed by atoms with Crippen molar-refractivity contribution in [3.8, 4) is 11.3 Å². The molecule has 0 bridgehead atoms. The molecule has 94 valence electrons. The Morgan fingerprint density at radius 2 is 2.11 bits per heavy atom. The largest absolute Gasteiger partial charge is 0.316 e. The SMILES string of the molecule is Clc1ccc(Nc2nc(-c3cccnc3)cs2)nc1. The third kappa shape index (κ3) is 2.89. The lowest BCUT2D eigenvalue weighted by molar-refractivity contribution is 1.28. The maximum atomic E-state index is 5.79. The van der Waals surface area contributed by atoms with E-state index >= 15 is 0 Å². The number of anilines is 2. The molecule has 19 heavy (non-hydrogen) atoms. The number of hydrogen-bond acceptors (Lipinski definition) is 5. The highest BCUT2D eigenvalue weighted by molar-refractivity contribution is 7.14. The summed E-state index contributed by atoms with van der Waals surface area (Å²) in [7, 11) is 0. The zero-order chi connectivity index (χ0) is 13.1. The van der Waals surface area contributed by atoms with Gasteiger partial charge in [0.05, 0.1) is 10.7 Å². The van der Waals surface area contributed by atoms with Crippen molar-refractivity contribution in [3.05, 3.63) is 53.3 Å². The Kier molecular flexibility index (Phi) is 3.39. The van der Waals surface area contributed by atoms with E-state index in [2.05, 4.69) is 20.3 Å². The lowest BCUT2D eigenvalue weighted by atomic mass is 10.2. The molecular formula is C13H9ClN4S. The number of pyridine rings is 2. The standard InChI is InChI=1S/C13H9ClN4S/c14-10-3-4-12(16-7-10)18-13-17-11(8-19-13)9-2-1-5-15-6-9/h1-8H,(H,16,17,18). The van der Waals surface area contributed by atoms with Crippen LogP contribution in [0.5, 0.6) is 0 Å². The number of halogens is 1. The molecule has 3 heterocycles. The van der Waals surface area contributed by atoms with Gasteiger partial charge in [-0.3, -0.25) is 4.98 Å². The maximum Gasteiger partial charge on any atom is 0.188 e. The van der Waals surface area contributed by atoms with Crippen LogP contribution >= 0.6 is 22.9 Å².